The highest BCUT2D eigenvalue weighted by Crippen LogP contribution is 2.21. The molecule has 0 radical (unpaired) electrons. The van der Waals surface area contributed by atoms with Crippen LogP contribution < -0.4 is 10.2 Å². The Kier molecular flexibility index (Phi) is 5.76. The molecule has 0 bridgehead atoms. The van der Waals surface area contributed by atoms with Crippen molar-refractivity contribution in [2.24, 2.45) is 0 Å². The highest BCUT2D eigenvalue weighted by molar-refractivity contribution is 9.10. The van der Waals surface area contributed by atoms with Gasteiger partial charge in [-0.15, -0.1) is 10.2 Å². The maximum Gasteiger partial charge on any atom is 0.255 e. The van der Waals surface area contributed by atoms with Gasteiger partial charge in [0.1, 0.15) is 0 Å². The first kappa shape index (κ1) is 19.4. The summed E-state index contributed by atoms with van der Waals surface area (Å²) in [5.41, 5.74) is 2.90. The third-order valence-electron chi connectivity index (χ3n) is 4.97. The summed E-state index contributed by atoms with van der Waals surface area (Å²) in [4.78, 5) is 16.8. The highest BCUT2D eigenvalue weighted by atomic mass is 79.9. The van der Waals surface area contributed by atoms with Gasteiger partial charge in [0.05, 0.1) is 5.56 Å². The van der Waals surface area contributed by atoms with Crippen LogP contribution in [0.1, 0.15) is 15.9 Å². The Balaban J connectivity index is 1.35. The maximum absolute atomic E-state index is 12.7. The molecule has 1 amide bonds. The lowest BCUT2D eigenvalue weighted by molar-refractivity contribution is 0.0745. The van der Waals surface area contributed by atoms with Crippen molar-refractivity contribution in [3.63, 3.8) is 0 Å². The molecule has 148 valence electrons. The molecule has 1 aliphatic heterocycles. The standard InChI is InChI=1S/C22H22BrN5O/c1-16-6-8-17(9-7-16)24-20-10-11-21(26-25-20)27-12-14-28(15-13-27)22(29)18-4-2-3-5-19(18)23/h2-11H,12-15H2,1H3,(H,24,25). The zero-order valence-electron chi connectivity index (χ0n) is 16.2. The molecule has 0 spiro atoms. The number of amides is 1. The zero-order chi connectivity index (χ0) is 20.2. The minimum atomic E-state index is 0.0563. The van der Waals surface area contributed by atoms with Crippen LogP contribution >= 0.6 is 15.9 Å². The van der Waals surface area contributed by atoms with E-state index in [0.717, 1.165) is 29.1 Å². The SMILES string of the molecule is Cc1ccc(Nc2ccc(N3CCN(C(=O)c4ccccc4Br)CC3)nn2)cc1. The fourth-order valence-electron chi connectivity index (χ4n) is 3.29. The van der Waals surface area contributed by atoms with E-state index >= 15 is 0 Å². The number of rotatable bonds is 4. The Labute approximate surface area is 178 Å². The number of aryl methyl sites for hydroxylation is 1. The van der Waals surface area contributed by atoms with Gasteiger partial charge in [-0.25, -0.2) is 0 Å². The second-order valence-electron chi connectivity index (χ2n) is 7.03. The average Bonchev–Trinajstić information content (AvgIpc) is 2.76. The molecule has 0 aliphatic carbocycles. The Hall–Kier alpha value is -2.93. The fraction of sp³-hybridized carbons (Fsp3) is 0.227. The summed E-state index contributed by atoms with van der Waals surface area (Å²) < 4.78 is 0.829. The largest absolute Gasteiger partial charge is 0.352 e. The molecular weight excluding hydrogens is 430 g/mol. The topological polar surface area (TPSA) is 61.4 Å². The van der Waals surface area contributed by atoms with Crippen molar-refractivity contribution in [1.82, 2.24) is 15.1 Å². The predicted octanol–water partition coefficient (Wildman–Crippen LogP) is 4.25. The Bertz CT molecular complexity index is 983. The molecule has 1 aromatic heterocycles. The number of halogens is 1. The highest BCUT2D eigenvalue weighted by Gasteiger charge is 2.24. The second kappa shape index (κ2) is 8.61. The monoisotopic (exact) mass is 451 g/mol. The van der Waals surface area contributed by atoms with Crippen LogP contribution in [0.15, 0.2) is 65.1 Å². The van der Waals surface area contributed by atoms with E-state index in [0.29, 0.717) is 24.5 Å². The number of carbonyl (C=O) groups is 1. The lowest BCUT2D eigenvalue weighted by Crippen LogP contribution is -2.49. The minimum absolute atomic E-state index is 0.0563. The normalized spacial score (nSPS) is 14.0. The average molecular weight is 452 g/mol. The molecule has 6 nitrogen and oxygen atoms in total. The van der Waals surface area contributed by atoms with Gasteiger partial charge < -0.3 is 15.1 Å². The van der Waals surface area contributed by atoms with Gasteiger partial charge in [0.15, 0.2) is 11.6 Å². The Morgan fingerprint density at radius 2 is 1.66 bits per heavy atom. The summed E-state index contributed by atoms with van der Waals surface area (Å²) in [5, 5.41) is 11.9. The molecule has 0 unspecified atom stereocenters. The second-order valence-corrected chi connectivity index (χ2v) is 7.88. The van der Waals surface area contributed by atoms with Gasteiger partial charge in [-0.3, -0.25) is 4.79 Å². The molecule has 2 aromatic carbocycles. The Morgan fingerprint density at radius 1 is 0.931 bits per heavy atom. The summed E-state index contributed by atoms with van der Waals surface area (Å²) in [5.74, 6) is 1.59. The predicted molar refractivity (Wildman–Crippen MR) is 119 cm³/mol. The van der Waals surface area contributed by atoms with E-state index in [4.69, 9.17) is 0 Å². The van der Waals surface area contributed by atoms with Gasteiger partial charge in [-0.1, -0.05) is 29.8 Å². The van der Waals surface area contributed by atoms with Gasteiger partial charge in [-0.2, -0.15) is 0 Å². The molecule has 1 aliphatic rings. The number of hydrogen-bond acceptors (Lipinski definition) is 5. The van der Waals surface area contributed by atoms with E-state index < -0.39 is 0 Å². The van der Waals surface area contributed by atoms with Crippen LogP contribution in [0.2, 0.25) is 0 Å². The van der Waals surface area contributed by atoms with Crippen molar-refractivity contribution in [3.8, 4) is 0 Å². The molecule has 1 saturated heterocycles. The van der Waals surface area contributed by atoms with Crippen molar-refractivity contribution in [3.05, 3.63) is 76.3 Å². The molecule has 4 rings (SSSR count). The molecular formula is C22H22BrN5O. The van der Waals surface area contributed by atoms with Crippen molar-refractivity contribution in [2.75, 3.05) is 36.4 Å². The Morgan fingerprint density at radius 3 is 2.31 bits per heavy atom. The molecule has 0 atom stereocenters. The van der Waals surface area contributed by atoms with E-state index in [-0.39, 0.29) is 5.91 Å². The van der Waals surface area contributed by atoms with Crippen molar-refractivity contribution < 1.29 is 4.79 Å². The first-order chi connectivity index (χ1) is 14.1. The smallest absolute Gasteiger partial charge is 0.255 e. The number of benzene rings is 2. The quantitative estimate of drug-likeness (QED) is 0.642. The molecule has 0 saturated carbocycles. The van der Waals surface area contributed by atoms with Crippen LogP contribution in [0.25, 0.3) is 0 Å². The molecule has 7 heteroatoms. The van der Waals surface area contributed by atoms with E-state index in [1.54, 1.807) is 0 Å². The summed E-state index contributed by atoms with van der Waals surface area (Å²) in [6.45, 7) is 4.84. The van der Waals surface area contributed by atoms with Gasteiger partial charge in [-0.05, 0) is 59.3 Å². The number of carbonyl (C=O) groups excluding carboxylic acids is 1. The van der Waals surface area contributed by atoms with Crippen LogP contribution in [-0.2, 0) is 0 Å². The van der Waals surface area contributed by atoms with E-state index in [9.17, 15) is 4.79 Å². The van der Waals surface area contributed by atoms with Gasteiger partial charge >= 0.3 is 0 Å². The molecule has 2 heterocycles. The number of nitrogens with one attached hydrogen (secondary N) is 1. The van der Waals surface area contributed by atoms with Crippen LogP contribution in [0.3, 0.4) is 0 Å². The fourth-order valence-corrected chi connectivity index (χ4v) is 3.74. The van der Waals surface area contributed by atoms with Crippen molar-refractivity contribution >= 4 is 39.2 Å². The van der Waals surface area contributed by atoms with E-state index in [1.165, 1.54) is 5.56 Å². The number of piperazine rings is 1. The van der Waals surface area contributed by atoms with E-state index in [2.05, 4.69) is 55.4 Å². The number of nitrogens with zero attached hydrogens (tertiary/aromatic N) is 4. The zero-order valence-corrected chi connectivity index (χ0v) is 17.8. The molecule has 29 heavy (non-hydrogen) atoms. The number of anilines is 3. The maximum atomic E-state index is 12.7. The summed E-state index contributed by atoms with van der Waals surface area (Å²) in [7, 11) is 0. The third kappa shape index (κ3) is 4.56. The van der Waals surface area contributed by atoms with Crippen LogP contribution in [0.4, 0.5) is 17.3 Å². The minimum Gasteiger partial charge on any atom is -0.352 e. The first-order valence-electron chi connectivity index (χ1n) is 9.56. The number of aromatic nitrogens is 2. The molecule has 1 N–H and O–H groups in total. The van der Waals surface area contributed by atoms with Crippen LogP contribution in [0.5, 0.6) is 0 Å². The summed E-state index contributed by atoms with van der Waals surface area (Å²) in [6.07, 6.45) is 0. The lowest BCUT2D eigenvalue weighted by atomic mass is 10.2. The third-order valence-corrected chi connectivity index (χ3v) is 5.66. The van der Waals surface area contributed by atoms with Gasteiger partial charge in [0.2, 0.25) is 0 Å². The summed E-state index contributed by atoms with van der Waals surface area (Å²) >= 11 is 3.46. The van der Waals surface area contributed by atoms with Gasteiger partial charge in [0, 0.05) is 36.3 Å². The lowest BCUT2D eigenvalue weighted by Gasteiger charge is -2.35. The molecule has 1 fully saturated rings. The van der Waals surface area contributed by atoms with Crippen molar-refractivity contribution in [2.45, 2.75) is 6.92 Å². The molecule has 3 aromatic rings. The van der Waals surface area contributed by atoms with Crippen LogP contribution in [-0.4, -0.2) is 47.2 Å². The number of hydrogen-bond donors (Lipinski definition) is 1. The van der Waals surface area contributed by atoms with Gasteiger partial charge in [0.25, 0.3) is 5.91 Å². The first-order valence-corrected chi connectivity index (χ1v) is 10.4. The van der Waals surface area contributed by atoms with E-state index in [1.807, 2.05) is 53.4 Å². The van der Waals surface area contributed by atoms with Crippen LogP contribution in [0, 0.1) is 6.92 Å². The van der Waals surface area contributed by atoms with Crippen molar-refractivity contribution in [1.29, 1.82) is 0 Å². The summed E-state index contributed by atoms with van der Waals surface area (Å²) in [6, 6.07) is 19.6.